The fourth-order valence-corrected chi connectivity index (χ4v) is 6.33. The fraction of sp³-hybridized carbons (Fsp3) is 0.226. The van der Waals surface area contributed by atoms with E-state index in [1.807, 2.05) is 0 Å². The number of nitrogens with zero attached hydrogens (tertiary/aromatic N) is 3. The minimum absolute atomic E-state index is 0.0772. The second-order valence-corrected chi connectivity index (χ2v) is 11.6. The van der Waals surface area contributed by atoms with Gasteiger partial charge in [0.25, 0.3) is 5.78 Å². The molecule has 1 aromatic heterocycles. The molecule has 4 aromatic rings. The summed E-state index contributed by atoms with van der Waals surface area (Å²) in [7, 11) is 1.53. The first-order valence-electron chi connectivity index (χ1n) is 13.3. The number of hydrogen-bond acceptors (Lipinski definition) is 9. The van der Waals surface area contributed by atoms with E-state index in [1.165, 1.54) is 29.8 Å². The SMILES string of the molecule is CCCCOc1cccc(C2C(=C(O)c3ccc(OC)cc3)C(=O)C(=O)N2c2nnc(SCc3ccccc3F)s2)c1. The zero-order valence-corrected chi connectivity index (χ0v) is 24.6. The summed E-state index contributed by atoms with van der Waals surface area (Å²) >= 11 is 2.39. The lowest BCUT2D eigenvalue weighted by atomic mass is 9.95. The lowest BCUT2D eigenvalue weighted by molar-refractivity contribution is -0.132. The number of hydrogen-bond donors (Lipinski definition) is 1. The molecule has 216 valence electrons. The van der Waals surface area contributed by atoms with Crippen LogP contribution in [0.3, 0.4) is 0 Å². The lowest BCUT2D eigenvalue weighted by Crippen LogP contribution is -2.29. The van der Waals surface area contributed by atoms with Gasteiger partial charge >= 0.3 is 5.91 Å². The molecule has 1 aliphatic heterocycles. The van der Waals surface area contributed by atoms with Crippen molar-refractivity contribution in [3.05, 3.63) is 101 Å². The highest BCUT2D eigenvalue weighted by Crippen LogP contribution is 2.44. The molecule has 1 N–H and O–H groups in total. The first kappa shape index (κ1) is 29.3. The van der Waals surface area contributed by atoms with Crippen molar-refractivity contribution in [1.82, 2.24) is 10.2 Å². The minimum atomic E-state index is -0.987. The maximum Gasteiger partial charge on any atom is 0.301 e. The molecule has 11 heteroatoms. The Hall–Kier alpha value is -4.22. The van der Waals surface area contributed by atoms with Crippen LogP contribution in [-0.2, 0) is 15.3 Å². The number of rotatable bonds is 11. The van der Waals surface area contributed by atoms with Crippen molar-refractivity contribution < 1.29 is 28.6 Å². The van der Waals surface area contributed by atoms with Gasteiger partial charge < -0.3 is 14.6 Å². The van der Waals surface area contributed by atoms with Gasteiger partial charge in [-0.05, 0) is 60.0 Å². The Morgan fingerprint density at radius 2 is 1.83 bits per heavy atom. The molecule has 0 aliphatic carbocycles. The smallest absolute Gasteiger partial charge is 0.301 e. The van der Waals surface area contributed by atoms with E-state index in [0.717, 1.165) is 24.2 Å². The van der Waals surface area contributed by atoms with Gasteiger partial charge in [-0.2, -0.15) is 0 Å². The standard InChI is InChI=1S/C31H28FN3O5S2/c1-3-4-16-40-23-10-7-9-20(17-23)26-25(27(36)19-12-14-22(39-2)15-13-19)28(37)29(38)35(26)30-33-34-31(42-30)41-18-21-8-5-6-11-24(21)32/h5-15,17,26,36H,3-4,16,18H2,1-2H3. The molecule has 0 radical (unpaired) electrons. The highest BCUT2D eigenvalue weighted by Gasteiger charge is 2.48. The van der Waals surface area contributed by atoms with Crippen LogP contribution in [0.5, 0.6) is 11.5 Å². The van der Waals surface area contributed by atoms with E-state index in [4.69, 9.17) is 9.47 Å². The number of aliphatic hydroxyl groups is 1. The Labute approximate surface area is 250 Å². The van der Waals surface area contributed by atoms with E-state index in [9.17, 15) is 19.1 Å². The largest absolute Gasteiger partial charge is 0.507 e. The Balaban J connectivity index is 1.54. The highest BCUT2D eigenvalue weighted by atomic mass is 32.2. The van der Waals surface area contributed by atoms with Gasteiger partial charge in [-0.25, -0.2) is 4.39 Å². The number of benzene rings is 3. The van der Waals surface area contributed by atoms with Crippen LogP contribution in [0.25, 0.3) is 5.76 Å². The molecule has 1 amide bonds. The number of aliphatic hydroxyl groups excluding tert-OH is 1. The van der Waals surface area contributed by atoms with Crippen LogP contribution in [-0.4, -0.2) is 40.7 Å². The fourth-order valence-electron chi connectivity index (χ4n) is 4.47. The normalized spacial score (nSPS) is 16.2. The monoisotopic (exact) mass is 605 g/mol. The van der Waals surface area contributed by atoms with Gasteiger partial charge in [0.1, 0.15) is 23.1 Å². The topological polar surface area (TPSA) is 102 Å². The molecule has 2 heterocycles. The first-order chi connectivity index (χ1) is 20.4. The van der Waals surface area contributed by atoms with Crippen LogP contribution in [0, 0.1) is 5.82 Å². The number of aromatic nitrogens is 2. The maximum absolute atomic E-state index is 14.1. The zero-order valence-electron chi connectivity index (χ0n) is 23.0. The highest BCUT2D eigenvalue weighted by molar-refractivity contribution is 8.00. The molecule has 0 saturated carbocycles. The summed E-state index contributed by atoms with van der Waals surface area (Å²) in [6.45, 7) is 2.59. The number of ether oxygens (including phenoxy) is 2. The van der Waals surface area contributed by atoms with Crippen molar-refractivity contribution in [2.75, 3.05) is 18.6 Å². The van der Waals surface area contributed by atoms with E-state index >= 15 is 0 Å². The summed E-state index contributed by atoms with van der Waals surface area (Å²) in [4.78, 5) is 28.3. The van der Waals surface area contributed by atoms with Crippen molar-refractivity contribution in [2.45, 2.75) is 35.9 Å². The molecule has 42 heavy (non-hydrogen) atoms. The lowest BCUT2D eigenvalue weighted by Gasteiger charge is -2.23. The predicted octanol–water partition coefficient (Wildman–Crippen LogP) is 6.78. The van der Waals surface area contributed by atoms with Crippen molar-refractivity contribution >= 4 is 45.7 Å². The summed E-state index contributed by atoms with van der Waals surface area (Å²) in [6, 6.07) is 19.1. The number of thioether (sulfide) groups is 1. The van der Waals surface area contributed by atoms with Crippen LogP contribution < -0.4 is 14.4 Å². The number of ketones is 1. The minimum Gasteiger partial charge on any atom is -0.507 e. The molecule has 1 unspecified atom stereocenters. The molecule has 0 bridgehead atoms. The Morgan fingerprint density at radius 3 is 2.57 bits per heavy atom. The molecule has 1 saturated heterocycles. The number of Topliss-reactive ketones (excluding diaryl/α,β-unsaturated/α-hetero) is 1. The van der Waals surface area contributed by atoms with E-state index in [-0.39, 0.29) is 22.3 Å². The predicted molar refractivity (Wildman–Crippen MR) is 160 cm³/mol. The van der Waals surface area contributed by atoms with Gasteiger partial charge in [-0.15, -0.1) is 10.2 Å². The number of methoxy groups -OCH3 is 1. The number of halogens is 1. The first-order valence-corrected chi connectivity index (χ1v) is 15.1. The molecule has 1 fully saturated rings. The summed E-state index contributed by atoms with van der Waals surface area (Å²) < 4.78 is 25.7. The molecule has 5 rings (SSSR count). The van der Waals surface area contributed by atoms with Gasteiger partial charge in [-0.3, -0.25) is 14.5 Å². The average molecular weight is 606 g/mol. The van der Waals surface area contributed by atoms with Crippen molar-refractivity contribution in [3.8, 4) is 11.5 Å². The maximum atomic E-state index is 14.1. The summed E-state index contributed by atoms with van der Waals surface area (Å²) in [5.74, 6) is -0.850. The van der Waals surface area contributed by atoms with E-state index in [1.54, 1.807) is 66.7 Å². The van der Waals surface area contributed by atoms with Crippen LogP contribution in [0.15, 0.2) is 82.7 Å². The second kappa shape index (κ2) is 13.2. The summed E-state index contributed by atoms with van der Waals surface area (Å²) in [6.07, 6.45) is 1.84. The van der Waals surface area contributed by atoms with Crippen LogP contribution in [0.1, 0.15) is 42.5 Å². The molecule has 8 nitrogen and oxygen atoms in total. The van der Waals surface area contributed by atoms with E-state index in [0.29, 0.717) is 44.9 Å². The molecular weight excluding hydrogens is 577 g/mol. The number of unbranched alkanes of at least 4 members (excludes halogenated alkanes) is 1. The molecule has 1 atom stereocenters. The van der Waals surface area contributed by atoms with Gasteiger partial charge in [0.05, 0.1) is 25.3 Å². The van der Waals surface area contributed by atoms with Crippen LogP contribution in [0.2, 0.25) is 0 Å². The summed E-state index contributed by atoms with van der Waals surface area (Å²) in [5.41, 5.74) is 1.35. The molecule has 1 aliphatic rings. The Morgan fingerprint density at radius 1 is 1.05 bits per heavy atom. The van der Waals surface area contributed by atoms with Gasteiger partial charge in [0.15, 0.2) is 4.34 Å². The van der Waals surface area contributed by atoms with Gasteiger partial charge in [0, 0.05) is 11.3 Å². The van der Waals surface area contributed by atoms with Crippen LogP contribution >= 0.6 is 23.1 Å². The number of anilines is 1. The quantitative estimate of drug-likeness (QED) is 0.0499. The van der Waals surface area contributed by atoms with Crippen molar-refractivity contribution in [2.24, 2.45) is 0 Å². The Bertz CT molecular complexity index is 1620. The average Bonchev–Trinajstić information content (AvgIpc) is 3.58. The van der Waals surface area contributed by atoms with Crippen molar-refractivity contribution in [3.63, 3.8) is 0 Å². The van der Waals surface area contributed by atoms with Gasteiger partial charge in [-0.1, -0.05) is 66.8 Å². The third kappa shape index (κ3) is 6.17. The number of carbonyl (C=O) groups excluding carboxylic acids is 2. The molecule has 0 spiro atoms. The number of carbonyl (C=O) groups is 2. The van der Waals surface area contributed by atoms with Crippen LogP contribution in [0.4, 0.5) is 9.52 Å². The van der Waals surface area contributed by atoms with Gasteiger partial charge in [0.2, 0.25) is 5.13 Å². The summed E-state index contributed by atoms with van der Waals surface area (Å²) in [5, 5.41) is 20.0. The van der Waals surface area contributed by atoms with E-state index in [2.05, 4.69) is 17.1 Å². The zero-order chi connectivity index (χ0) is 29.6. The second-order valence-electron chi connectivity index (χ2n) is 9.40. The molecule has 3 aromatic carbocycles. The third-order valence-corrected chi connectivity index (χ3v) is 8.76. The van der Waals surface area contributed by atoms with E-state index < -0.39 is 17.7 Å². The third-order valence-electron chi connectivity index (χ3n) is 6.66. The molecular formula is C31H28FN3O5S2. The van der Waals surface area contributed by atoms with Crippen molar-refractivity contribution in [1.29, 1.82) is 0 Å². The Kier molecular flexibility index (Phi) is 9.19. The number of amides is 1.